The van der Waals surface area contributed by atoms with Crippen molar-refractivity contribution in [1.82, 2.24) is 40.0 Å². The number of imidazole rings is 1. The van der Waals surface area contributed by atoms with Gasteiger partial charge in [0.15, 0.2) is 11.6 Å². The Morgan fingerprint density at radius 2 is 1.95 bits per heavy atom. The van der Waals surface area contributed by atoms with Crippen LogP contribution in [0.3, 0.4) is 0 Å². The largest absolute Gasteiger partial charge is 0.352 e. The van der Waals surface area contributed by atoms with Crippen LogP contribution in [0.15, 0.2) is 43.0 Å². The zero-order valence-corrected chi connectivity index (χ0v) is 20.8. The lowest BCUT2D eigenvalue weighted by Crippen LogP contribution is -2.44. The van der Waals surface area contributed by atoms with E-state index in [2.05, 4.69) is 52.3 Å². The van der Waals surface area contributed by atoms with Crippen LogP contribution in [-0.2, 0) is 4.79 Å². The van der Waals surface area contributed by atoms with E-state index >= 15 is 0 Å². The maximum Gasteiger partial charge on any atom is 0.224 e. The smallest absolute Gasteiger partial charge is 0.224 e. The number of likely N-dealkylation sites (N-methyl/N-ethyl adjacent to an activating group) is 1. The number of nitrogens with zero attached hydrogens (tertiary/aromatic N) is 7. The molecule has 0 unspecified atom stereocenters. The van der Waals surface area contributed by atoms with Crippen molar-refractivity contribution in [3.05, 3.63) is 43.0 Å². The van der Waals surface area contributed by atoms with Crippen LogP contribution in [0, 0.1) is 0 Å². The van der Waals surface area contributed by atoms with Crippen molar-refractivity contribution in [2.75, 3.05) is 43.4 Å². The summed E-state index contributed by atoms with van der Waals surface area (Å²) in [7, 11) is 2.14. The number of carbonyl (C=O) groups excluding carboxylic acids is 1. The number of hydrogen-bond donors (Lipinski definition) is 3. The van der Waals surface area contributed by atoms with Gasteiger partial charge >= 0.3 is 0 Å². The summed E-state index contributed by atoms with van der Waals surface area (Å²) in [6.45, 7) is 5.79. The van der Waals surface area contributed by atoms with Crippen molar-refractivity contribution >= 4 is 39.3 Å². The standard InChI is InChI=1S/C26H28N10O/c1-3-4-22(37)30-17-11-16(13-27-14-17)20-12-18-21(15-29-20)33-34-23(18)25-31-19-5-6-28-26(24(19)32-25)36-9-7-35(2)8-10-36/h5-6,11-15H,3-4,7-10H2,1-2H3,(H,30,37)(H,31,32)(H,33,34). The predicted octanol–water partition coefficient (Wildman–Crippen LogP) is 3.45. The van der Waals surface area contributed by atoms with Crippen molar-refractivity contribution in [3.8, 4) is 22.8 Å². The highest BCUT2D eigenvalue weighted by atomic mass is 16.1. The molecule has 6 rings (SSSR count). The summed E-state index contributed by atoms with van der Waals surface area (Å²) in [5.41, 5.74) is 5.44. The number of aromatic amines is 2. The van der Waals surface area contributed by atoms with Gasteiger partial charge in [-0.1, -0.05) is 6.92 Å². The number of aromatic nitrogens is 7. The molecule has 11 heteroatoms. The number of H-pyrrole nitrogens is 2. The summed E-state index contributed by atoms with van der Waals surface area (Å²) >= 11 is 0. The average molecular weight is 497 g/mol. The van der Waals surface area contributed by atoms with Crippen LogP contribution >= 0.6 is 0 Å². The van der Waals surface area contributed by atoms with E-state index in [0.717, 1.165) is 71.6 Å². The van der Waals surface area contributed by atoms with Gasteiger partial charge in [0.2, 0.25) is 5.91 Å². The number of hydrogen-bond acceptors (Lipinski definition) is 8. The van der Waals surface area contributed by atoms with E-state index in [-0.39, 0.29) is 5.91 Å². The van der Waals surface area contributed by atoms with E-state index in [4.69, 9.17) is 4.98 Å². The van der Waals surface area contributed by atoms with Gasteiger partial charge in [-0.15, -0.1) is 0 Å². The van der Waals surface area contributed by atoms with Crippen LogP contribution in [-0.4, -0.2) is 79.2 Å². The summed E-state index contributed by atoms with van der Waals surface area (Å²) < 4.78 is 0. The number of piperazine rings is 1. The molecule has 11 nitrogen and oxygen atoms in total. The minimum Gasteiger partial charge on any atom is -0.352 e. The van der Waals surface area contributed by atoms with Gasteiger partial charge in [0.05, 0.1) is 34.8 Å². The zero-order valence-electron chi connectivity index (χ0n) is 20.8. The van der Waals surface area contributed by atoms with Gasteiger partial charge < -0.3 is 20.1 Å². The molecule has 188 valence electrons. The van der Waals surface area contributed by atoms with E-state index in [1.807, 2.05) is 31.3 Å². The second-order valence-electron chi connectivity index (χ2n) is 9.35. The molecule has 6 heterocycles. The maximum absolute atomic E-state index is 12.0. The van der Waals surface area contributed by atoms with Crippen LogP contribution in [0.4, 0.5) is 11.5 Å². The lowest BCUT2D eigenvalue weighted by Gasteiger charge is -2.33. The third kappa shape index (κ3) is 4.49. The molecule has 0 saturated carbocycles. The molecule has 1 amide bonds. The molecule has 0 aromatic carbocycles. The van der Waals surface area contributed by atoms with E-state index in [1.54, 1.807) is 18.6 Å². The summed E-state index contributed by atoms with van der Waals surface area (Å²) in [6, 6.07) is 5.79. The average Bonchev–Trinajstić information content (AvgIpc) is 3.53. The fourth-order valence-corrected chi connectivity index (χ4v) is 4.64. The van der Waals surface area contributed by atoms with Gasteiger partial charge in [0, 0.05) is 55.9 Å². The Labute approximate surface area is 213 Å². The van der Waals surface area contributed by atoms with Crippen molar-refractivity contribution in [2.24, 2.45) is 0 Å². The molecule has 0 aliphatic carbocycles. The van der Waals surface area contributed by atoms with Gasteiger partial charge in [0.25, 0.3) is 0 Å². The Morgan fingerprint density at radius 3 is 2.78 bits per heavy atom. The molecule has 1 fully saturated rings. The summed E-state index contributed by atoms with van der Waals surface area (Å²) in [5, 5.41) is 11.4. The van der Waals surface area contributed by atoms with Gasteiger partial charge in [-0.2, -0.15) is 5.10 Å². The first kappa shape index (κ1) is 23.0. The van der Waals surface area contributed by atoms with Crippen molar-refractivity contribution in [1.29, 1.82) is 0 Å². The minimum absolute atomic E-state index is 0.0303. The number of nitrogens with one attached hydrogen (secondary N) is 3. The number of pyridine rings is 3. The number of carbonyl (C=O) groups is 1. The van der Waals surface area contributed by atoms with Crippen molar-refractivity contribution in [2.45, 2.75) is 19.8 Å². The first-order valence-electron chi connectivity index (χ1n) is 12.5. The normalized spacial score (nSPS) is 14.5. The Balaban J connectivity index is 1.35. The Kier molecular flexibility index (Phi) is 5.97. The molecule has 1 aliphatic heterocycles. The quantitative estimate of drug-likeness (QED) is 0.326. The molecule has 0 atom stereocenters. The van der Waals surface area contributed by atoms with E-state index in [1.165, 1.54) is 0 Å². The molecular weight excluding hydrogens is 468 g/mol. The Hall–Kier alpha value is -4.38. The third-order valence-corrected chi connectivity index (χ3v) is 6.65. The van der Waals surface area contributed by atoms with Gasteiger partial charge in [0.1, 0.15) is 11.2 Å². The summed E-state index contributed by atoms with van der Waals surface area (Å²) in [6.07, 6.45) is 8.20. The Bertz CT molecular complexity index is 1580. The summed E-state index contributed by atoms with van der Waals surface area (Å²) in [5.74, 6) is 1.53. The second kappa shape index (κ2) is 9.58. The molecule has 37 heavy (non-hydrogen) atoms. The monoisotopic (exact) mass is 496 g/mol. The SMILES string of the molecule is CCCC(=O)Nc1cncc(-c2cc3c(-c4nc5c(N6CCN(C)CC6)nccc5[nH]4)n[nH]c3cn2)c1. The lowest BCUT2D eigenvalue weighted by atomic mass is 10.1. The van der Waals surface area contributed by atoms with Gasteiger partial charge in [-0.3, -0.25) is 19.9 Å². The predicted molar refractivity (Wildman–Crippen MR) is 143 cm³/mol. The lowest BCUT2D eigenvalue weighted by molar-refractivity contribution is -0.116. The first-order chi connectivity index (χ1) is 18.1. The molecule has 1 aliphatic rings. The molecule has 0 radical (unpaired) electrons. The van der Waals surface area contributed by atoms with Crippen LogP contribution < -0.4 is 10.2 Å². The topological polar surface area (TPSA) is 132 Å². The zero-order chi connectivity index (χ0) is 25.4. The fourth-order valence-electron chi connectivity index (χ4n) is 4.64. The van der Waals surface area contributed by atoms with Crippen molar-refractivity contribution < 1.29 is 4.79 Å². The number of fused-ring (bicyclic) bond motifs is 2. The molecule has 5 aromatic heterocycles. The molecule has 3 N–H and O–H groups in total. The third-order valence-electron chi connectivity index (χ3n) is 6.65. The molecule has 0 spiro atoms. The fraction of sp³-hybridized carbons (Fsp3) is 0.308. The number of rotatable bonds is 6. The van der Waals surface area contributed by atoms with E-state index < -0.39 is 0 Å². The molecule has 0 bridgehead atoms. The number of amides is 1. The van der Waals surface area contributed by atoms with Crippen LogP contribution in [0.2, 0.25) is 0 Å². The highest BCUT2D eigenvalue weighted by Gasteiger charge is 2.21. The molecular formula is C26H28N10O. The maximum atomic E-state index is 12.0. The van der Waals surface area contributed by atoms with E-state index in [0.29, 0.717) is 23.6 Å². The van der Waals surface area contributed by atoms with Crippen LogP contribution in [0.1, 0.15) is 19.8 Å². The highest BCUT2D eigenvalue weighted by molar-refractivity contribution is 5.96. The van der Waals surface area contributed by atoms with Crippen LogP contribution in [0.5, 0.6) is 0 Å². The minimum atomic E-state index is -0.0303. The second-order valence-corrected chi connectivity index (χ2v) is 9.35. The first-order valence-corrected chi connectivity index (χ1v) is 12.5. The van der Waals surface area contributed by atoms with Crippen molar-refractivity contribution in [3.63, 3.8) is 0 Å². The number of anilines is 2. The summed E-state index contributed by atoms with van der Waals surface area (Å²) in [4.78, 5) is 38.5. The van der Waals surface area contributed by atoms with E-state index in [9.17, 15) is 4.79 Å². The highest BCUT2D eigenvalue weighted by Crippen LogP contribution is 2.31. The van der Waals surface area contributed by atoms with Gasteiger partial charge in [-0.25, -0.2) is 9.97 Å². The van der Waals surface area contributed by atoms with Crippen LogP contribution in [0.25, 0.3) is 44.7 Å². The Morgan fingerprint density at radius 1 is 1.08 bits per heavy atom. The molecule has 1 saturated heterocycles. The van der Waals surface area contributed by atoms with Gasteiger partial charge in [-0.05, 0) is 31.7 Å². The molecule has 5 aromatic rings.